The predicted octanol–water partition coefficient (Wildman–Crippen LogP) is 2.96. The number of Topliss-reactive ketones (excluding diaryl/α,β-unsaturated/α-hetero) is 1. The Morgan fingerprint density at radius 3 is 2.32 bits per heavy atom. The molecule has 22 heavy (non-hydrogen) atoms. The normalized spacial score (nSPS) is 11.9. The number of ketones is 1. The molecule has 0 saturated heterocycles. The number of halogens is 1. The molecule has 1 unspecified atom stereocenters. The van der Waals surface area contributed by atoms with Crippen molar-refractivity contribution < 1.29 is 28.2 Å². The van der Waals surface area contributed by atoms with Crippen LogP contribution < -0.4 is 9.47 Å². The van der Waals surface area contributed by atoms with Gasteiger partial charge in [0, 0.05) is 6.07 Å². The highest BCUT2D eigenvalue weighted by atomic mass is 19.1. The van der Waals surface area contributed by atoms with Gasteiger partial charge in [-0.2, -0.15) is 0 Å². The molecule has 1 atom stereocenters. The quantitative estimate of drug-likeness (QED) is 0.419. The van der Waals surface area contributed by atoms with Gasteiger partial charge in [0.05, 0.1) is 24.9 Å². The summed E-state index contributed by atoms with van der Waals surface area (Å²) in [4.78, 5) is 23.7. The van der Waals surface area contributed by atoms with Gasteiger partial charge in [0.15, 0.2) is 0 Å². The molecular formula is C16H21FO5. The lowest BCUT2D eigenvalue weighted by Gasteiger charge is -2.14. The van der Waals surface area contributed by atoms with Gasteiger partial charge < -0.3 is 14.2 Å². The van der Waals surface area contributed by atoms with Crippen LogP contribution in [0.15, 0.2) is 18.2 Å². The molecule has 0 heterocycles. The van der Waals surface area contributed by atoms with Gasteiger partial charge in [-0.3, -0.25) is 4.79 Å². The summed E-state index contributed by atoms with van der Waals surface area (Å²) in [6.07, 6.45) is -2.87. The zero-order valence-corrected chi connectivity index (χ0v) is 13.2. The fourth-order valence-electron chi connectivity index (χ4n) is 1.77. The summed E-state index contributed by atoms with van der Waals surface area (Å²) in [6.45, 7) is 7.46. The lowest BCUT2D eigenvalue weighted by atomic mass is 10.1. The molecule has 0 aliphatic carbocycles. The number of carbonyl (C=O) groups is 2. The fraction of sp³-hybridized carbons (Fsp3) is 0.500. The highest BCUT2D eigenvalue weighted by Gasteiger charge is 2.31. The van der Waals surface area contributed by atoms with E-state index in [1.54, 1.807) is 20.8 Å². The summed E-state index contributed by atoms with van der Waals surface area (Å²) >= 11 is 0. The second kappa shape index (κ2) is 8.36. The molecule has 1 rings (SSSR count). The molecule has 6 heteroatoms. The van der Waals surface area contributed by atoms with Gasteiger partial charge in [-0.1, -0.05) is 0 Å². The van der Waals surface area contributed by atoms with Crippen molar-refractivity contribution in [2.75, 3.05) is 13.2 Å². The van der Waals surface area contributed by atoms with Crippen LogP contribution in [0.25, 0.3) is 0 Å². The van der Waals surface area contributed by atoms with Crippen molar-refractivity contribution in [2.45, 2.75) is 40.0 Å². The lowest BCUT2D eigenvalue weighted by Crippen LogP contribution is -2.30. The molecule has 1 aromatic rings. The molecule has 0 aromatic heterocycles. The monoisotopic (exact) mass is 312 g/mol. The van der Waals surface area contributed by atoms with Gasteiger partial charge in [0.1, 0.15) is 11.5 Å². The number of hydrogen-bond donors (Lipinski definition) is 0. The van der Waals surface area contributed by atoms with E-state index in [0.717, 1.165) is 0 Å². The van der Waals surface area contributed by atoms with Crippen molar-refractivity contribution in [3.8, 4) is 11.5 Å². The standard InChI is InChI=1S/C16H21FO5/c1-5-20-11-7-8-12(13(9-11)21-6-2)15(18)14(17)16(19)22-10(3)4/h7-10,14H,5-6H2,1-4H3. The number of ether oxygens (including phenoxy) is 3. The Labute approximate surface area is 129 Å². The minimum absolute atomic E-state index is 0.0153. The van der Waals surface area contributed by atoms with Crippen LogP contribution in [0.1, 0.15) is 38.1 Å². The van der Waals surface area contributed by atoms with E-state index in [4.69, 9.17) is 14.2 Å². The molecule has 0 bridgehead atoms. The minimum atomic E-state index is -2.38. The van der Waals surface area contributed by atoms with Crippen molar-refractivity contribution in [3.63, 3.8) is 0 Å². The summed E-state index contributed by atoms with van der Waals surface area (Å²) in [5, 5.41) is 0. The molecule has 0 spiro atoms. The van der Waals surface area contributed by atoms with E-state index in [1.165, 1.54) is 18.2 Å². The van der Waals surface area contributed by atoms with Crippen LogP contribution in [0.4, 0.5) is 4.39 Å². The van der Waals surface area contributed by atoms with Gasteiger partial charge in [-0.15, -0.1) is 0 Å². The maximum absolute atomic E-state index is 14.0. The van der Waals surface area contributed by atoms with Crippen LogP contribution in [0.3, 0.4) is 0 Å². The average Bonchev–Trinajstić information content (AvgIpc) is 2.46. The first-order valence-corrected chi connectivity index (χ1v) is 7.19. The number of esters is 1. The largest absolute Gasteiger partial charge is 0.494 e. The zero-order valence-electron chi connectivity index (χ0n) is 13.2. The molecule has 0 aliphatic rings. The Bertz CT molecular complexity index is 527. The van der Waals surface area contributed by atoms with Crippen LogP contribution >= 0.6 is 0 Å². The molecule has 0 aliphatic heterocycles. The zero-order chi connectivity index (χ0) is 16.7. The van der Waals surface area contributed by atoms with Crippen LogP contribution in [0.2, 0.25) is 0 Å². The fourth-order valence-corrected chi connectivity index (χ4v) is 1.77. The molecule has 5 nitrogen and oxygen atoms in total. The minimum Gasteiger partial charge on any atom is -0.494 e. The Morgan fingerprint density at radius 1 is 1.14 bits per heavy atom. The molecule has 0 fully saturated rings. The topological polar surface area (TPSA) is 61.8 Å². The van der Waals surface area contributed by atoms with Crippen molar-refractivity contribution >= 4 is 11.8 Å². The summed E-state index contributed by atoms with van der Waals surface area (Å²) in [5.74, 6) is -1.51. The predicted molar refractivity (Wildman–Crippen MR) is 79.2 cm³/mol. The van der Waals surface area contributed by atoms with E-state index in [9.17, 15) is 14.0 Å². The van der Waals surface area contributed by atoms with E-state index in [-0.39, 0.29) is 11.3 Å². The Balaban J connectivity index is 3.02. The Kier molecular flexibility index (Phi) is 6.82. The Hall–Kier alpha value is -2.11. The second-order valence-electron chi connectivity index (χ2n) is 4.74. The van der Waals surface area contributed by atoms with E-state index >= 15 is 0 Å². The van der Waals surface area contributed by atoms with Gasteiger partial charge in [-0.25, -0.2) is 9.18 Å². The first kappa shape index (κ1) is 17.9. The van der Waals surface area contributed by atoms with Crippen LogP contribution in [-0.2, 0) is 9.53 Å². The van der Waals surface area contributed by atoms with Crippen molar-refractivity contribution in [2.24, 2.45) is 0 Å². The number of hydrogen-bond acceptors (Lipinski definition) is 5. The van der Waals surface area contributed by atoms with Crippen molar-refractivity contribution in [3.05, 3.63) is 23.8 Å². The first-order chi connectivity index (χ1) is 10.4. The number of alkyl halides is 1. The van der Waals surface area contributed by atoms with E-state index in [2.05, 4.69) is 0 Å². The molecule has 0 radical (unpaired) electrons. The van der Waals surface area contributed by atoms with E-state index in [0.29, 0.717) is 19.0 Å². The maximum atomic E-state index is 14.0. The van der Waals surface area contributed by atoms with Crippen LogP contribution in [0, 0.1) is 0 Å². The SMILES string of the molecule is CCOc1ccc(C(=O)C(F)C(=O)OC(C)C)c(OCC)c1. The Morgan fingerprint density at radius 2 is 1.77 bits per heavy atom. The molecular weight excluding hydrogens is 291 g/mol. The maximum Gasteiger partial charge on any atom is 0.349 e. The molecule has 1 aromatic carbocycles. The molecule has 0 amide bonds. The van der Waals surface area contributed by atoms with Gasteiger partial charge in [0.2, 0.25) is 5.78 Å². The molecule has 0 N–H and O–H groups in total. The summed E-state index contributed by atoms with van der Waals surface area (Å²) in [7, 11) is 0. The average molecular weight is 312 g/mol. The lowest BCUT2D eigenvalue weighted by molar-refractivity contribution is -0.151. The molecule has 0 saturated carbocycles. The highest BCUT2D eigenvalue weighted by Crippen LogP contribution is 2.27. The third-order valence-electron chi connectivity index (χ3n) is 2.62. The van der Waals surface area contributed by atoms with Crippen LogP contribution in [0.5, 0.6) is 11.5 Å². The molecule has 122 valence electrons. The van der Waals surface area contributed by atoms with Gasteiger partial charge >= 0.3 is 5.97 Å². The highest BCUT2D eigenvalue weighted by molar-refractivity contribution is 6.12. The summed E-state index contributed by atoms with van der Waals surface area (Å²) < 4.78 is 29.4. The third-order valence-corrected chi connectivity index (χ3v) is 2.62. The summed E-state index contributed by atoms with van der Waals surface area (Å²) in [6, 6.07) is 4.41. The van der Waals surface area contributed by atoms with Crippen LogP contribution in [-0.4, -0.2) is 37.2 Å². The first-order valence-electron chi connectivity index (χ1n) is 7.19. The third kappa shape index (κ3) is 4.72. The van der Waals surface area contributed by atoms with E-state index in [1.807, 2.05) is 6.92 Å². The van der Waals surface area contributed by atoms with Crippen molar-refractivity contribution in [1.29, 1.82) is 0 Å². The smallest absolute Gasteiger partial charge is 0.349 e. The van der Waals surface area contributed by atoms with Crippen molar-refractivity contribution in [1.82, 2.24) is 0 Å². The van der Waals surface area contributed by atoms with Gasteiger partial charge in [0.25, 0.3) is 6.17 Å². The van der Waals surface area contributed by atoms with Gasteiger partial charge in [-0.05, 0) is 39.8 Å². The number of carbonyl (C=O) groups excluding carboxylic acids is 2. The number of rotatable bonds is 8. The second-order valence-corrected chi connectivity index (χ2v) is 4.74. The number of benzene rings is 1. The van der Waals surface area contributed by atoms with E-state index < -0.39 is 24.0 Å². The summed E-state index contributed by atoms with van der Waals surface area (Å²) in [5.41, 5.74) is -0.0153.